The summed E-state index contributed by atoms with van der Waals surface area (Å²) in [5.41, 5.74) is 0.592. The van der Waals surface area contributed by atoms with Gasteiger partial charge in [-0.1, -0.05) is 24.3 Å². The summed E-state index contributed by atoms with van der Waals surface area (Å²) >= 11 is 1.60. The second-order valence-corrected chi connectivity index (χ2v) is 7.10. The van der Waals surface area contributed by atoms with E-state index in [0.717, 1.165) is 4.88 Å². The molecule has 0 spiro atoms. The Bertz CT molecular complexity index is 671. The van der Waals surface area contributed by atoms with Crippen molar-refractivity contribution in [1.29, 1.82) is 0 Å². The normalized spacial score (nSPS) is 20.9. The summed E-state index contributed by atoms with van der Waals surface area (Å²) in [4.78, 5) is 13.3. The van der Waals surface area contributed by atoms with Gasteiger partial charge in [0.1, 0.15) is 5.82 Å². The predicted molar refractivity (Wildman–Crippen MR) is 92.4 cm³/mol. The fraction of sp³-hybridized carbons (Fsp3) is 0.389. The Hall–Kier alpha value is -1.92. The molecule has 1 fully saturated rings. The van der Waals surface area contributed by atoms with Crippen molar-refractivity contribution < 1.29 is 14.3 Å². The number of urea groups is 1. The number of rotatable bonds is 6. The first-order chi connectivity index (χ1) is 11.6. The van der Waals surface area contributed by atoms with E-state index in [1.54, 1.807) is 29.5 Å². The van der Waals surface area contributed by atoms with Gasteiger partial charge in [0.2, 0.25) is 0 Å². The number of hydrogen-bond acceptors (Lipinski definition) is 3. The molecule has 1 atom stereocenters. The van der Waals surface area contributed by atoms with Gasteiger partial charge in [-0.3, -0.25) is 0 Å². The smallest absolute Gasteiger partial charge is 0.315 e. The number of benzene rings is 1. The number of halogens is 1. The zero-order valence-electron chi connectivity index (χ0n) is 13.2. The highest BCUT2D eigenvalue weighted by molar-refractivity contribution is 7.10. The summed E-state index contributed by atoms with van der Waals surface area (Å²) in [6.45, 7) is 0.372. The zero-order valence-corrected chi connectivity index (χ0v) is 14.1. The van der Waals surface area contributed by atoms with E-state index in [2.05, 4.69) is 10.6 Å². The average Bonchev–Trinajstić information content (AvgIpc) is 3.06. The van der Waals surface area contributed by atoms with Gasteiger partial charge in [-0.25, -0.2) is 9.18 Å². The molecule has 2 amide bonds. The van der Waals surface area contributed by atoms with E-state index in [0.29, 0.717) is 31.4 Å². The van der Waals surface area contributed by atoms with E-state index in [1.807, 2.05) is 17.5 Å². The molecule has 0 radical (unpaired) electrons. The van der Waals surface area contributed by atoms with Crippen LogP contribution in [0.5, 0.6) is 0 Å². The Morgan fingerprint density at radius 2 is 2.08 bits per heavy atom. The van der Waals surface area contributed by atoms with E-state index >= 15 is 0 Å². The Labute approximate surface area is 144 Å². The van der Waals surface area contributed by atoms with Crippen molar-refractivity contribution in [3.63, 3.8) is 0 Å². The lowest BCUT2D eigenvalue weighted by atomic mass is 9.77. The molecule has 1 aromatic carbocycles. The molecule has 0 saturated heterocycles. The fourth-order valence-electron chi connectivity index (χ4n) is 3.00. The molecule has 0 bridgehead atoms. The predicted octanol–water partition coefficient (Wildman–Crippen LogP) is 3.24. The summed E-state index contributed by atoms with van der Waals surface area (Å²) < 4.78 is 13.6. The molecule has 24 heavy (non-hydrogen) atoms. The summed E-state index contributed by atoms with van der Waals surface area (Å²) in [5, 5.41) is 17.3. The lowest BCUT2D eigenvalue weighted by molar-refractivity contribution is 0.0265. The van der Waals surface area contributed by atoms with Crippen LogP contribution >= 0.6 is 11.3 Å². The van der Waals surface area contributed by atoms with Crippen LogP contribution in [0.4, 0.5) is 9.18 Å². The van der Waals surface area contributed by atoms with Crippen LogP contribution in [-0.4, -0.2) is 23.8 Å². The lowest BCUT2D eigenvalue weighted by Crippen LogP contribution is -2.45. The number of carbonyl (C=O) groups excluding carboxylic acids is 1. The first-order valence-electron chi connectivity index (χ1n) is 8.12. The van der Waals surface area contributed by atoms with Gasteiger partial charge in [-0.05, 0) is 48.3 Å². The molecular formula is C18H21FN2O2S. The number of aliphatic hydroxyl groups excluding tert-OH is 1. The van der Waals surface area contributed by atoms with E-state index in [-0.39, 0.29) is 29.9 Å². The molecule has 6 heteroatoms. The third-order valence-corrected chi connectivity index (χ3v) is 5.35. The van der Waals surface area contributed by atoms with Crippen LogP contribution in [0.15, 0.2) is 41.8 Å². The molecule has 3 rings (SSSR count). The number of thiophene rings is 1. The topological polar surface area (TPSA) is 61.4 Å². The van der Waals surface area contributed by atoms with E-state index < -0.39 is 0 Å². The average molecular weight is 348 g/mol. The molecular weight excluding hydrogens is 327 g/mol. The molecule has 1 saturated carbocycles. The van der Waals surface area contributed by atoms with Crippen LogP contribution in [-0.2, 0) is 6.42 Å². The maximum absolute atomic E-state index is 13.6. The van der Waals surface area contributed by atoms with Gasteiger partial charge < -0.3 is 15.7 Å². The molecule has 1 aromatic heterocycles. The molecule has 1 heterocycles. The van der Waals surface area contributed by atoms with Crippen molar-refractivity contribution >= 4 is 17.4 Å². The van der Waals surface area contributed by atoms with Gasteiger partial charge in [0.25, 0.3) is 0 Å². The number of aliphatic hydroxyl groups is 1. The minimum absolute atomic E-state index is 0.0816. The highest BCUT2D eigenvalue weighted by Gasteiger charge is 2.36. The summed E-state index contributed by atoms with van der Waals surface area (Å²) in [6, 6.07) is 10.2. The van der Waals surface area contributed by atoms with Gasteiger partial charge in [0.15, 0.2) is 0 Å². The van der Waals surface area contributed by atoms with Gasteiger partial charge in [0.05, 0.1) is 12.1 Å². The van der Waals surface area contributed by atoms with Crippen LogP contribution in [0.1, 0.15) is 29.3 Å². The van der Waals surface area contributed by atoms with Gasteiger partial charge in [-0.2, -0.15) is 0 Å². The number of hydrogen-bond donors (Lipinski definition) is 3. The van der Waals surface area contributed by atoms with Crippen LogP contribution in [0.2, 0.25) is 0 Å². The lowest BCUT2D eigenvalue weighted by Gasteiger charge is -2.37. The Kier molecular flexibility index (Phi) is 5.48. The number of carbonyl (C=O) groups is 1. The van der Waals surface area contributed by atoms with Crippen molar-refractivity contribution in [1.82, 2.24) is 10.6 Å². The van der Waals surface area contributed by atoms with E-state index in [1.165, 1.54) is 6.07 Å². The number of amides is 2. The highest BCUT2D eigenvalue weighted by atomic mass is 32.1. The highest BCUT2D eigenvalue weighted by Crippen LogP contribution is 2.39. The standard InChI is InChI=1S/C18H21FN2O2S/c19-15-5-2-1-4-12(15)7-8-20-18(23)21-17(13-10-14(22)11-13)16-6-3-9-24-16/h1-6,9,13-14,17,22H,7-8,10-11H2,(H2,20,21,23)/t13?,14?,17-/m1/s1. The molecule has 2 aromatic rings. The maximum atomic E-state index is 13.6. The molecule has 128 valence electrons. The van der Waals surface area contributed by atoms with Crippen LogP contribution in [0.25, 0.3) is 0 Å². The summed E-state index contributed by atoms with van der Waals surface area (Å²) in [5.74, 6) is 0.00981. The van der Waals surface area contributed by atoms with Crippen molar-refractivity contribution in [2.45, 2.75) is 31.4 Å². The first-order valence-corrected chi connectivity index (χ1v) is 9.00. The van der Waals surface area contributed by atoms with Crippen LogP contribution < -0.4 is 10.6 Å². The van der Waals surface area contributed by atoms with Crippen molar-refractivity contribution in [3.8, 4) is 0 Å². The second kappa shape index (κ2) is 7.77. The number of nitrogens with one attached hydrogen (secondary N) is 2. The minimum atomic E-state index is -0.261. The molecule has 1 aliphatic carbocycles. The van der Waals surface area contributed by atoms with Crippen molar-refractivity contribution in [3.05, 3.63) is 58.0 Å². The Morgan fingerprint density at radius 3 is 2.75 bits per heavy atom. The maximum Gasteiger partial charge on any atom is 0.315 e. The van der Waals surface area contributed by atoms with Gasteiger partial charge >= 0.3 is 6.03 Å². The molecule has 0 unspecified atom stereocenters. The Morgan fingerprint density at radius 1 is 1.29 bits per heavy atom. The van der Waals surface area contributed by atoms with E-state index in [4.69, 9.17) is 0 Å². The van der Waals surface area contributed by atoms with Crippen molar-refractivity contribution in [2.24, 2.45) is 5.92 Å². The monoisotopic (exact) mass is 348 g/mol. The largest absolute Gasteiger partial charge is 0.393 e. The van der Waals surface area contributed by atoms with Crippen LogP contribution in [0.3, 0.4) is 0 Å². The molecule has 4 nitrogen and oxygen atoms in total. The third kappa shape index (κ3) is 4.13. The molecule has 3 N–H and O–H groups in total. The minimum Gasteiger partial charge on any atom is -0.393 e. The summed E-state index contributed by atoms with van der Waals surface area (Å²) in [7, 11) is 0. The van der Waals surface area contributed by atoms with Gasteiger partial charge in [-0.15, -0.1) is 11.3 Å². The Balaban J connectivity index is 1.51. The molecule has 0 aliphatic heterocycles. The van der Waals surface area contributed by atoms with E-state index in [9.17, 15) is 14.3 Å². The van der Waals surface area contributed by atoms with Crippen molar-refractivity contribution in [2.75, 3.05) is 6.54 Å². The third-order valence-electron chi connectivity index (χ3n) is 4.40. The summed E-state index contributed by atoms with van der Waals surface area (Å²) in [6.07, 6.45) is 1.60. The van der Waals surface area contributed by atoms with Crippen LogP contribution in [0, 0.1) is 11.7 Å². The molecule has 1 aliphatic rings. The zero-order chi connectivity index (χ0) is 16.9. The quantitative estimate of drug-likeness (QED) is 0.750. The fourth-order valence-corrected chi connectivity index (χ4v) is 3.87. The van der Waals surface area contributed by atoms with Gasteiger partial charge in [0, 0.05) is 11.4 Å². The second-order valence-electron chi connectivity index (χ2n) is 6.12. The SMILES string of the molecule is O=C(NCCc1ccccc1F)N[C@@H](c1cccs1)C1CC(O)C1. The first kappa shape index (κ1) is 16.9.